The third-order valence-electron chi connectivity index (χ3n) is 9.06. The Kier molecular flexibility index (Phi) is 8.18. The first kappa shape index (κ1) is 29.5. The van der Waals surface area contributed by atoms with Gasteiger partial charge in [-0.05, 0) is 81.7 Å². The van der Waals surface area contributed by atoms with Crippen molar-refractivity contribution >= 4 is 27.1 Å². The molecule has 0 spiro atoms. The minimum absolute atomic E-state index is 0.0205. The van der Waals surface area contributed by atoms with Crippen LogP contribution in [0.2, 0.25) is 0 Å². The summed E-state index contributed by atoms with van der Waals surface area (Å²) in [5.41, 5.74) is 1.95. The molecule has 0 unspecified atom stereocenters. The lowest BCUT2D eigenvalue weighted by Gasteiger charge is -2.44. The number of aromatic nitrogens is 3. The lowest BCUT2D eigenvalue weighted by molar-refractivity contribution is -0.132. The van der Waals surface area contributed by atoms with Gasteiger partial charge in [-0.1, -0.05) is 39.0 Å². The highest BCUT2D eigenvalue weighted by Crippen LogP contribution is 2.36. The molecule has 1 saturated carbocycles. The summed E-state index contributed by atoms with van der Waals surface area (Å²) < 4.78 is 28.8. The Morgan fingerprint density at radius 2 is 1.85 bits per heavy atom. The molecule has 41 heavy (non-hydrogen) atoms. The summed E-state index contributed by atoms with van der Waals surface area (Å²) in [6.07, 6.45) is 6.65. The van der Waals surface area contributed by atoms with Crippen LogP contribution in [0.25, 0.3) is 5.52 Å². The zero-order valence-corrected chi connectivity index (χ0v) is 25.9. The van der Waals surface area contributed by atoms with Crippen LogP contribution < -0.4 is 5.32 Å². The van der Waals surface area contributed by atoms with E-state index in [9.17, 15) is 13.2 Å². The van der Waals surface area contributed by atoms with Crippen LogP contribution >= 0.6 is 0 Å². The topological polar surface area (TPSA) is 99.9 Å². The second-order valence-electron chi connectivity index (χ2n) is 13.1. The van der Waals surface area contributed by atoms with Gasteiger partial charge in [-0.2, -0.15) is 5.10 Å². The van der Waals surface area contributed by atoms with Crippen LogP contribution in [0.4, 0.5) is 5.82 Å². The fraction of sp³-hybridized carbons (Fsp3) is 0.581. The highest BCUT2D eigenvalue weighted by atomic mass is 32.2. The number of carbonyl (C=O) groups excluding carboxylic acids is 1. The molecule has 1 amide bonds. The fourth-order valence-corrected chi connectivity index (χ4v) is 8.08. The standard InChI is InChI=1S/C31H44N6O3S/c1-21(2)35(6)24-12-13-27(22(16-24)19-41(39,40)25-10-8-7-9-11-25)36-15-14-26(30(36)38)34-29-28-17-23(31(3,4)5)18-37(28)33-20-32-29/h7-11,17-18,20-22,24,26-27H,12-16,19H2,1-6H3,(H,32,33,34)/t22-,24-,26+,27+/m1/s1. The largest absolute Gasteiger partial charge is 0.356 e. The van der Waals surface area contributed by atoms with Crippen molar-refractivity contribution in [3.8, 4) is 0 Å². The van der Waals surface area contributed by atoms with Crippen molar-refractivity contribution in [2.75, 3.05) is 24.7 Å². The average Bonchev–Trinajstić information content (AvgIpc) is 3.53. The lowest BCUT2D eigenvalue weighted by atomic mass is 9.81. The molecule has 222 valence electrons. The predicted molar refractivity (Wildman–Crippen MR) is 162 cm³/mol. The van der Waals surface area contributed by atoms with Crippen LogP contribution in [0, 0.1) is 5.92 Å². The number of benzene rings is 1. The van der Waals surface area contributed by atoms with Crippen molar-refractivity contribution in [1.82, 2.24) is 24.4 Å². The van der Waals surface area contributed by atoms with E-state index < -0.39 is 15.9 Å². The van der Waals surface area contributed by atoms with Crippen LogP contribution in [0.15, 0.2) is 53.8 Å². The van der Waals surface area contributed by atoms with E-state index in [1.807, 2.05) is 21.7 Å². The molecular weight excluding hydrogens is 536 g/mol. The minimum atomic E-state index is -3.50. The molecule has 1 N–H and O–H groups in total. The molecule has 1 saturated heterocycles. The Morgan fingerprint density at radius 1 is 1.12 bits per heavy atom. The van der Waals surface area contributed by atoms with E-state index in [2.05, 4.69) is 68.0 Å². The van der Waals surface area contributed by atoms with Crippen LogP contribution in [0.1, 0.15) is 65.9 Å². The first-order valence-corrected chi connectivity index (χ1v) is 16.4. The molecule has 2 fully saturated rings. The summed E-state index contributed by atoms with van der Waals surface area (Å²) in [6, 6.07) is 10.9. The summed E-state index contributed by atoms with van der Waals surface area (Å²) in [6.45, 7) is 11.4. The molecule has 5 rings (SSSR count). The van der Waals surface area contributed by atoms with Crippen LogP contribution in [-0.4, -0.2) is 82.2 Å². The van der Waals surface area contributed by atoms with E-state index >= 15 is 0 Å². The summed E-state index contributed by atoms with van der Waals surface area (Å²) in [4.78, 5) is 23.0. The van der Waals surface area contributed by atoms with E-state index in [1.54, 1.807) is 24.3 Å². The normalized spacial score (nSPS) is 24.1. The molecular formula is C31H44N6O3S. The number of amides is 1. The number of nitrogens with zero attached hydrogens (tertiary/aromatic N) is 5. The van der Waals surface area contributed by atoms with Gasteiger partial charge in [0.25, 0.3) is 0 Å². The van der Waals surface area contributed by atoms with Gasteiger partial charge in [0.1, 0.15) is 17.9 Å². The number of fused-ring (bicyclic) bond motifs is 1. The molecule has 0 bridgehead atoms. The molecule has 1 aliphatic heterocycles. The highest BCUT2D eigenvalue weighted by molar-refractivity contribution is 7.91. The van der Waals surface area contributed by atoms with Gasteiger partial charge < -0.3 is 15.1 Å². The maximum Gasteiger partial charge on any atom is 0.245 e. The van der Waals surface area contributed by atoms with Crippen molar-refractivity contribution in [3.05, 3.63) is 54.5 Å². The summed E-state index contributed by atoms with van der Waals surface area (Å²) in [5.74, 6) is 0.556. The zero-order chi connectivity index (χ0) is 29.5. The second kappa shape index (κ2) is 11.4. The van der Waals surface area contributed by atoms with Gasteiger partial charge in [-0.15, -0.1) is 0 Å². The molecule has 0 radical (unpaired) electrons. The third kappa shape index (κ3) is 6.14. The number of hydrogen-bond donors (Lipinski definition) is 1. The number of sulfone groups is 1. The number of nitrogens with one attached hydrogen (secondary N) is 1. The summed E-state index contributed by atoms with van der Waals surface area (Å²) in [7, 11) is -1.38. The molecule has 1 aliphatic carbocycles. The number of carbonyl (C=O) groups is 1. The second-order valence-corrected chi connectivity index (χ2v) is 15.1. The minimum Gasteiger partial charge on any atom is -0.356 e. The van der Waals surface area contributed by atoms with Gasteiger partial charge in [0.05, 0.1) is 10.6 Å². The Bertz CT molecular complexity index is 1480. The van der Waals surface area contributed by atoms with Gasteiger partial charge in [0, 0.05) is 30.9 Å². The zero-order valence-electron chi connectivity index (χ0n) is 25.1. The van der Waals surface area contributed by atoms with Crippen molar-refractivity contribution in [3.63, 3.8) is 0 Å². The molecule has 3 aromatic rings. The highest BCUT2D eigenvalue weighted by Gasteiger charge is 2.44. The van der Waals surface area contributed by atoms with Gasteiger partial charge in [0.15, 0.2) is 15.7 Å². The number of hydrogen-bond acceptors (Lipinski definition) is 7. The molecule has 2 aliphatic rings. The van der Waals surface area contributed by atoms with Gasteiger partial charge in [-0.3, -0.25) is 4.79 Å². The molecule has 2 aromatic heterocycles. The summed E-state index contributed by atoms with van der Waals surface area (Å²) in [5, 5.41) is 7.78. The quantitative estimate of drug-likeness (QED) is 0.422. The Hall–Kier alpha value is -2.98. The molecule has 4 atom stereocenters. The van der Waals surface area contributed by atoms with Crippen molar-refractivity contribution in [1.29, 1.82) is 0 Å². The van der Waals surface area contributed by atoms with Gasteiger partial charge in [-0.25, -0.2) is 17.9 Å². The maximum absolute atomic E-state index is 13.9. The SMILES string of the molecule is CC(C)N(C)[C@@H]1CC[C@H](N2CC[C@H](Nc3ncnn4cc(C(C)(C)C)cc34)C2=O)[C@@H](CS(=O)(=O)c2ccccc2)C1. The smallest absolute Gasteiger partial charge is 0.245 e. The maximum atomic E-state index is 13.9. The average molecular weight is 581 g/mol. The van der Waals surface area contributed by atoms with Crippen LogP contribution in [-0.2, 0) is 20.0 Å². The number of likely N-dealkylation sites (tertiary alicyclic amines) is 1. The van der Waals surface area contributed by atoms with E-state index in [4.69, 9.17) is 0 Å². The first-order valence-electron chi connectivity index (χ1n) is 14.8. The van der Waals surface area contributed by atoms with E-state index in [0.29, 0.717) is 29.7 Å². The summed E-state index contributed by atoms with van der Waals surface area (Å²) >= 11 is 0. The fourth-order valence-electron chi connectivity index (χ4n) is 6.39. The Labute approximate surface area is 244 Å². The lowest BCUT2D eigenvalue weighted by Crippen LogP contribution is -2.52. The first-order chi connectivity index (χ1) is 19.3. The van der Waals surface area contributed by atoms with Crippen molar-refractivity contribution < 1.29 is 13.2 Å². The monoisotopic (exact) mass is 580 g/mol. The van der Waals surface area contributed by atoms with E-state index in [1.165, 1.54) is 6.33 Å². The predicted octanol–water partition coefficient (Wildman–Crippen LogP) is 4.39. The van der Waals surface area contributed by atoms with Gasteiger partial charge >= 0.3 is 0 Å². The van der Waals surface area contributed by atoms with Crippen LogP contribution in [0.5, 0.6) is 0 Å². The van der Waals surface area contributed by atoms with Crippen molar-refractivity contribution in [2.45, 2.75) is 94.8 Å². The molecule has 3 heterocycles. The molecule has 10 heteroatoms. The third-order valence-corrected chi connectivity index (χ3v) is 10.9. The van der Waals surface area contributed by atoms with Crippen molar-refractivity contribution in [2.24, 2.45) is 5.92 Å². The van der Waals surface area contributed by atoms with Gasteiger partial charge in [0.2, 0.25) is 5.91 Å². The molecule has 9 nitrogen and oxygen atoms in total. The van der Waals surface area contributed by atoms with Crippen LogP contribution in [0.3, 0.4) is 0 Å². The Morgan fingerprint density at radius 3 is 2.54 bits per heavy atom. The number of rotatable bonds is 8. The molecule has 1 aromatic carbocycles. The van der Waals surface area contributed by atoms with E-state index in [-0.39, 0.29) is 35.1 Å². The number of anilines is 1. The Balaban J connectivity index is 1.37. The van der Waals surface area contributed by atoms with E-state index in [0.717, 1.165) is 30.3 Å².